The van der Waals surface area contributed by atoms with Gasteiger partial charge < -0.3 is 10.2 Å². The molecule has 0 aromatic heterocycles. The van der Waals surface area contributed by atoms with Crippen molar-refractivity contribution in [1.29, 1.82) is 0 Å². The van der Waals surface area contributed by atoms with E-state index in [-0.39, 0.29) is 28.3 Å². The van der Waals surface area contributed by atoms with Gasteiger partial charge in [0.15, 0.2) is 0 Å². The van der Waals surface area contributed by atoms with E-state index in [1.54, 1.807) is 4.90 Å². The van der Waals surface area contributed by atoms with Crippen LogP contribution in [0, 0.1) is 5.82 Å². The summed E-state index contributed by atoms with van der Waals surface area (Å²) in [5.74, 6) is -0.147. The number of hydrogen-bond donors (Lipinski definition) is 1. The van der Waals surface area contributed by atoms with Crippen LogP contribution in [0.15, 0.2) is 18.2 Å². The zero-order chi connectivity index (χ0) is 13.8. The van der Waals surface area contributed by atoms with Crippen LogP contribution in [0.2, 0.25) is 5.02 Å². The molecular weight excluding hydrogens is 291 g/mol. The fourth-order valence-electron chi connectivity index (χ4n) is 1.67. The summed E-state index contributed by atoms with van der Waals surface area (Å²) in [7, 11) is 0. The Morgan fingerprint density at radius 1 is 1.53 bits per heavy atom. The molecule has 1 saturated heterocycles. The number of hydrogen-bond acceptors (Lipinski definition) is 3. The van der Waals surface area contributed by atoms with Gasteiger partial charge in [0.1, 0.15) is 5.82 Å². The Labute approximate surface area is 119 Å². The van der Waals surface area contributed by atoms with Crippen molar-refractivity contribution in [3.05, 3.63) is 29.0 Å². The number of halogens is 2. The van der Waals surface area contributed by atoms with Crippen molar-refractivity contribution in [2.45, 2.75) is 6.42 Å². The topological polar surface area (TPSA) is 49.4 Å². The zero-order valence-corrected chi connectivity index (χ0v) is 11.6. The van der Waals surface area contributed by atoms with Crippen molar-refractivity contribution >= 4 is 40.2 Å². The largest absolute Gasteiger partial charge is 0.332 e. The molecule has 0 spiro atoms. The van der Waals surface area contributed by atoms with Gasteiger partial charge in [-0.1, -0.05) is 23.4 Å². The predicted molar refractivity (Wildman–Crippen MR) is 74.1 cm³/mol. The van der Waals surface area contributed by atoms with Crippen LogP contribution in [0.5, 0.6) is 0 Å². The Morgan fingerprint density at radius 3 is 2.95 bits per heavy atom. The smallest absolute Gasteiger partial charge is 0.281 e. The minimum Gasteiger partial charge on any atom is -0.332 e. The number of rotatable bonds is 4. The molecule has 1 aliphatic heterocycles. The fraction of sp³-hybridized carbons (Fsp3) is 0.333. The van der Waals surface area contributed by atoms with E-state index in [4.69, 9.17) is 11.6 Å². The molecule has 1 aliphatic rings. The number of carbonyl (C=O) groups is 2. The van der Waals surface area contributed by atoms with E-state index in [1.165, 1.54) is 23.9 Å². The maximum atomic E-state index is 13.4. The third-order valence-electron chi connectivity index (χ3n) is 2.66. The molecule has 0 saturated carbocycles. The molecule has 19 heavy (non-hydrogen) atoms. The molecule has 1 fully saturated rings. The van der Waals surface area contributed by atoms with Gasteiger partial charge in [-0.2, -0.15) is 0 Å². The molecular formula is C12H12ClFN2O2S. The predicted octanol–water partition coefficient (Wildman–Crippen LogP) is 2.98. The van der Waals surface area contributed by atoms with Crippen molar-refractivity contribution in [3.63, 3.8) is 0 Å². The molecule has 1 aromatic rings. The van der Waals surface area contributed by atoms with Gasteiger partial charge in [-0.15, -0.1) is 0 Å². The molecule has 102 valence electrons. The van der Waals surface area contributed by atoms with Gasteiger partial charge in [-0.25, -0.2) is 4.39 Å². The van der Waals surface area contributed by atoms with Crippen molar-refractivity contribution in [2.75, 3.05) is 24.2 Å². The number of amides is 2. The Morgan fingerprint density at radius 2 is 2.32 bits per heavy atom. The summed E-state index contributed by atoms with van der Waals surface area (Å²) in [5, 5.41) is 2.72. The lowest BCUT2D eigenvalue weighted by Crippen LogP contribution is -2.27. The van der Waals surface area contributed by atoms with Gasteiger partial charge in [-0.3, -0.25) is 9.59 Å². The van der Waals surface area contributed by atoms with Gasteiger partial charge >= 0.3 is 0 Å². The quantitative estimate of drug-likeness (QED) is 0.930. The molecule has 7 heteroatoms. The molecule has 0 unspecified atom stereocenters. The van der Waals surface area contributed by atoms with Crippen LogP contribution in [-0.4, -0.2) is 34.9 Å². The molecule has 4 nitrogen and oxygen atoms in total. The maximum Gasteiger partial charge on any atom is 0.281 e. The van der Waals surface area contributed by atoms with Crippen LogP contribution >= 0.6 is 23.4 Å². The van der Waals surface area contributed by atoms with Gasteiger partial charge in [0.2, 0.25) is 5.91 Å². The zero-order valence-electron chi connectivity index (χ0n) is 9.99. The second-order valence-electron chi connectivity index (χ2n) is 4.02. The first kappa shape index (κ1) is 14.1. The first-order valence-corrected chi connectivity index (χ1v) is 7.09. The van der Waals surface area contributed by atoms with E-state index < -0.39 is 5.82 Å². The lowest BCUT2D eigenvalue weighted by Gasteiger charge is -2.14. The maximum absolute atomic E-state index is 13.4. The number of nitrogens with one attached hydrogen (secondary N) is 1. The third kappa shape index (κ3) is 3.84. The van der Waals surface area contributed by atoms with E-state index in [2.05, 4.69) is 5.32 Å². The number of thioether (sulfide) groups is 1. The van der Waals surface area contributed by atoms with Crippen molar-refractivity contribution < 1.29 is 14.0 Å². The second kappa shape index (κ2) is 6.25. The average Bonchev–Trinajstić information content (AvgIpc) is 2.76. The van der Waals surface area contributed by atoms with E-state index in [0.29, 0.717) is 13.1 Å². The van der Waals surface area contributed by atoms with E-state index in [0.717, 1.165) is 11.8 Å². The summed E-state index contributed by atoms with van der Waals surface area (Å²) in [4.78, 5) is 24.6. The number of carbonyl (C=O) groups excluding carboxylic acids is 2. The average molecular weight is 303 g/mol. The fourth-order valence-corrected chi connectivity index (χ4v) is 2.68. The minimum absolute atomic E-state index is 0.00882. The minimum atomic E-state index is -0.575. The van der Waals surface area contributed by atoms with Crippen LogP contribution < -0.4 is 5.32 Å². The molecule has 0 radical (unpaired) electrons. The monoisotopic (exact) mass is 302 g/mol. The highest BCUT2D eigenvalue weighted by molar-refractivity contribution is 8.13. The third-order valence-corrected chi connectivity index (χ3v) is 3.79. The molecule has 0 bridgehead atoms. The van der Waals surface area contributed by atoms with Crippen molar-refractivity contribution in [2.24, 2.45) is 0 Å². The highest BCUT2D eigenvalue weighted by Crippen LogP contribution is 2.20. The van der Waals surface area contributed by atoms with E-state index in [1.807, 2.05) is 0 Å². The second-order valence-corrected chi connectivity index (χ2v) is 5.51. The van der Waals surface area contributed by atoms with E-state index in [9.17, 15) is 14.0 Å². The summed E-state index contributed by atoms with van der Waals surface area (Å²) in [6.07, 6.45) is 0.147. The van der Waals surface area contributed by atoms with Gasteiger partial charge in [-0.05, 0) is 18.2 Å². The molecule has 0 atom stereocenters. The number of nitrogens with zero attached hydrogens (tertiary/aromatic N) is 1. The number of benzene rings is 1. The van der Waals surface area contributed by atoms with Crippen LogP contribution in [0.4, 0.5) is 14.9 Å². The highest BCUT2D eigenvalue weighted by atomic mass is 35.5. The summed E-state index contributed by atoms with van der Waals surface area (Å²) in [6, 6.07) is 4.05. The number of anilines is 1. The van der Waals surface area contributed by atoms with E-state index >= 15 is 0 Å². The first-order valence-electron chi connectivity index (χ1n) is 5.73. The summed E-state index contributed by atoms with van der Waals surface area (Å²) in [5.41, 5.74) is 0.0940. The molecule has 1 heterocycles. The lowest BCUT2D eigenvalue weighted by molar-refractivity contribution is -0.116. The van der Waals surface area contributed by atoms with Crippen LogP contribution in [0.25, 0.3) is 0 Å². The SMILES string of the molecule is O=C(CCN1CCSC1=O)Nc1ccc(Cl)cc1F. The Kier molecular flexibility index (Phi) is 4.66. The Balaban J connectivity index is 1.85. The molecule has 0 aliphatic carbocycles. The Hall–Kier alpha value is -1.27. The van der Waals surface area contributed by atoms with Crippen LogP contribution in [0.3, 0.4) is 0 Å². The first-order chi connectivity index (χ1) is 9.06. The molecule has 1 N–H and O–H groups in total. The van der Waals surface area contributed by atoms with Gasteiger partial charge in [0.05, 0.1) is 5.69 Å². The summed E-state index contributed by atoms with van der Waals surface area (Å²) >= 11 is 6.86. The normalized spacial score (nSPS) is 14.8. The molecule has 2 amide bonds. The molecule has 1 aromatic carbocycles. The van der Waals surface area contributed by atoms with Crippen LogP contribution in [-0.2, 0) is 4.79 Å². The van der Waals surface area contributed by atoms with Crippen molar-refractivity contribution in [3.8, 4) is 0 Å². The summed E-state index contributed by atoms with van der Waals surface area (Å²) < 4.78 is 13.4. The van der Waals surface area contributed by atoms with Gasteiger partial charge in [0, 0.05) is 30.3 Å². The van der Waals surface area contributed by atoms with Gasteiger partial charge in [0.25, 0.3) is 5.24 Å². The lowest BCUT2D eigenvalue weighted by atomic mass is 10.3. The molecule has 2 rings (SSSR count). The van der Waals surface area contributed by atoms with Crippen molar-refractivity contribution in [1.82, 2.24) is 4.90 Å². The highest BCUT2D eigenvalue weighted by Gasteiger charge is 2.21. The van der Waals surface area contributed by atoms with Crippen LogP contribution in [0.1, 0.15) is 6.42 Å². The standard InChI is InChI=1S/C12H12ClFN2O2S/c13-8-1-2-10(9(14)7-8)15-11(17)3-4-16-5-6-19-12(16)18/h1-2,7H,3-6H2,(H,15,17). The summed E-state index contributed by atoms with van der Waals surface area (Å²) in [6.45, 7) is 1.01. The Bertz CT molecular complexity index is 513.